The fraction of sp³-hybridized carbons (Fsp3) is 0.286. The number of hydrogen-bond acceptors (Lipinski definition) is 2. The van der Waals surface area contributed by atoms with Crippen molar-refractivity contribution in [3.8, 4) is 5.75 Å². The van der Waals surface area contributed by atoms with Gasteiger partial charge >= 0.3 is 0 Å². The maximum Gasteiger partial charge on any atom is 0.120 e. The molecule has 1 unspecified atom stereocenters. The largest absolute Gasteiger partial charge is 0.492 e. The van der Waals surface area contributed by atoms with E-state index in [0.717, 1.165) is 12.2 Å². The van der Waals surface area contributed by atoms with E-state index in [1.165, 1.54) is 14.7 Å². The van der Waals surface area contributed by atoms with Crippen molar-refractivity contribution in [2.24, 2.45) is 0 Å². The molecule has 2 rings (SSSR count). The molecule has 0 amide bonds. The van der Waals surface area contributed by atoms with E-state index in [0.29, 0.717) is 11.4 Å². The topological polar surface area (TPSA) is 9.23 Å². The Balaban J connectivity index is 1.85. The first-order chi connectivity index (χ1) is 8.65. The van der Waals surface area contributed by atoms with Crippen LogP contribution in [-0.2, 0) is 6.42 Å². The van der Waals surface area contributed by atoms with E-state index in [4.69, 9.17) is 4.74 Å². The zero-order chi connectivity index (χ0) is 13.0. The Bertz CT molecular complexity index is 499. The number of hydrogen-bond donors (Lipinski definition) is 0. The molecule has 18 heavy (non-hydrogen) atoms. The number of halogens is 2. The molecular formula is C14H14BrIOS. The minimum atomic E-state index is 0.353. The fourth-order valence-corrected chi connectivity index (χ4v) is 3.25. The minimum absolute atomic E-state index is 0.353. The zero-order valence-corrected chi connectivity index (χ0v) is 14.6. The average Bonchev–Trinajstić information content (AvgIpc) is 2.83. The first kappa shape index (κ1) is 14.3. The van der Waals surface area contributed by atoms with Gasteiger partial charge < -0.3 is 4.74 Å². The first-order valence-corrected chi connectivity index (χ1v) is 8.63. The van der Waals surface area contributed by atoms with E-state index < -0.39 is 0 Å². The van der Waals surface area contributed by atoms with Gasteiger partial charge in [0.1, 0.15) is 12.4 Å². The Morgan fingerprint density at radius 2 is 2.22 bits per heavy atom. The molecule has 1 aromatic heterocycles. The van der Waals surface area contributed by atoms with Gasteiger partial charge in [-0.15, -0.1) is 0 Å². The second-order valence-electron chi connectivity index (χ2n) is 4.15. The highest BCUT2D eigenvalue weighted by Crippen LogP contribution is 2.20. The SMILES string of the molecule is Cc1ccc(OCC(Br)Cc2ccsc2)cc1I. The summed E-state index contributed by atoms with van der Waals surface area (Å²) in [6.07, 6.45) is 1.01. The van der Waals surface area contributed by atoms with Crippen LogP contribution in [0.25, 0.3) is 0 Å². The Hall–Kier alpha value is -0.0700. The number of rotatable bonds is 5. The fourth-order valence-electron chi connectivity index (χ4n) is 1.57. The minimum Gasteiger partial charge on any atom is -0.492 e. The summed E-state index contributed by atoms with van der Waals surface area (Å²) >= 11 is 7.74. The van der Waals surface area contributed by atoms with Crippen molar-refractivity contribution in [1.29, 1.82) is 0 Å². The number of aryl methyl sites for hydroxylation is 1. The van der Waals surface area contributed by atoms with Crippen LogP contribution in [0.3, 0.4) is 0 Å². The summed E-state index contributed by atoms with van der Waals surface area (Å²) in [5, 5.41) is 4.29. The summed E-state index contributed by atoms with van der Waals surface area (Å²) in [4.78, 5) is 0.353. The summed E-state index contributed by atoms with van der Waals surface area (Å²) in [5.41, 5.74) is 2.65. The molecule has 0 saturated heterocycles. The lowest BCUT2D eigenvalue weighted by Crippen LogP contribution is -2.13. The highest BCUT2D eigenvalue weighted by atomic mass is 127. The van der Waals surface area contributed by atoms with Crippen LogP contribution in [0.4, 0.5) is 0 Å². The molecule has 0 radical (unpaired) electrons. The molecule has 0 saturated carbocycles. The van der Waals surface area contributed by atoms with Crippen LogP contribution in [0.1, 0.15) is 11.1 Å². The Kier molecular flexibility index (Phi) is 5.51. The van der Waals surface area contributed by atoms with Crippen LogP contribution in [0.5, 0.6) is 5.75 Å². The van der Waals surface area contributed by atoms with Gasteiger partial charge in [-0.1, -0.05) is 22.0 Å². The monoisotopic (exact) mass is 436 g/mol. The predicted octanol–water partition coefficient (Wildman–Crippen LogP) is 5.05. The molecule has 1 atom stereocenters. The predicted molar refractivity (Wildman–Crippen MR) is 90.1 cm³/mol. The van der Waals surface area contributed by atoms with Crippen LogP contribution < -0.4 is 4.74 Å². The molecule has 0 spiro atoms. The lowest BCUT2D eigenvalue weighted by molar-refractivity contribution is 0.318. The number of alkyl halides is 1. The Labute approximate surface area is 134 Å². The third-order valence-corrected chi connectivity index (χ3v) is 5.09. The zero-order valence-electron chi connectivity index (χ0n) is 10.0. The molecule has 1 aromatic carbocycles. The van der Waals surface area contributed by atoms with Crippen molar-refractivity contribution in [2.45, 2.75) is 18.2 Å². The van der Waals surface area contributed by atoms with Gasteiger partial charge in [0.25, 0.3) is 0 Å². The molecule has 1 heterocycles. The molecule has 0 fully saturated rings. The van der Waals surface area contributed by atoms with E-state index >= 15 is 0 Å². The van der Waals surface area contributed by atoms with Crippen molar-refractivity contribution in [3.05, 3.63) is 49.7 Å². The summed E-state index contributed by atoms with van der Waals surface area (Å²) < 4.78 is 7.05. The van der Waals surface area contributed by atoms with Gasteiger partial charge in [-0.3, -0.25) is 0 Å². The van der Waals surface area contributed by atoms with Gasteiger partial charge in [0.15, 0.2) is 0 Å². The molecule has 0 aliphatic rings. The second-order valence-corrected chi connectivity index (χ2v) is 7.39. The number of benzene rings is 1. The van der Waals surface area contributed by atoms with Crippen molar-refractivity contribution >= 4 is 49.9 Å². The maximum atomic E-state index is 5.80. The van der Waals surface area contributed by atoms with E-state index in [1.54, 1.807) is 11.3 Å². The van der Waals surface area contributed by atoms with Crippen LogP contribution in [-0.4, -0.2) is 11.4 Å². The van der Waals surface area contributed by atoms with E-state index in [-0.39, 0.29) is 0 Å². The van der Waals surface area contributed by atoms with E-state index in [2.05, 4.69) is 74.4 Å². The number of ether oxygens (including phenoxy) is 1. The van der Waals surface area contributed by atoms with Gasteiger partial charge in [-0.2, -0.15) is 11.3 Å². The highest BCUT2D eigenvalue weighted by Gasteiger charge is 2.07. The third-order valence-electron chi connectivity index (χ3n) is 2.61. The highest BCUT2D eigenvalue weighted by molar-refractivity contribution is 14.1. The summed E-state index contributed by atoms with van der Waals surface area (Å²) in [7, 11) is 0. The molecule has 0 aliphatic carbocycles. The molecule has 0 bridgehead atoms. The molecule has 0 aliphatic heterocycles. The summed E-state index contributed by atoms with van der Waals surface area (Å²) in [5.74, 6) is 0.944. The molecule has 1 nitrogen and oxygen atoms in total. The van der Waals surface area contributed by atoms with E-state index in [1.807, 2.05) is 6.07 Å². The summed E-state index contributed by atoms with van der Waals surface area (Å²) in [6, 6.07) is 8.37. The van der Waals surface area contributed by atoms with Gasteiger partial charge in [0.2, 0.25) is 0 Å². The van der Waals surface area contributed by atoms with Crippen molar-refractivity contribution in [3.63, 3.8) is 0 Å². The normalized spacial score (nSPS) is 12.4. The lowest BCUT2D eigenvalue weighted by atomic mass is 10.2. The van der Waals surface area contributed by atoms with Gasteiger partial charge in [-0.25, -0.2) is 0 Å². The average molecular weight is 437 g/mol. The van der Waals surface area contributed by atoms with Crippen LogP contribution in [0.2, 0.25) is 0 Å². The number of thiophene rings is 1. The van der Waals surface area contributed by atoms with Gasteiger partial charge in [0, 0.05) is 3.57 Å². The van der Waals surface area contributed by atoms with Crippen molar-refractivity contribution in [2.75, 3.05) is 6.61 Å². The first-order valence-electron chi connectivity index (χ1n) is 5.69. The van der Waals surface area contributed by atoms with E-state index in [9.17, 15) is 0 Å². The molecular weight excluding hydrogens is 423 g/mol. The van der Waals surface area contributed by atoms with Crippen LogP contribution >= 0.6 is 49.9 Å². The lowest BCUT2D eigenvalue weighted by Gasteiger charge is -2.12. The summed E-state index contributed by atoms with van der Waals surface area (Å²) in [6.45, 7) is 2.80. The van der Waals surface area contributed by atoms with Crippen LogP contribution in [0.15, 0.2) is 35.0 Å². The van der Waals surface area contributed by atoms with Crippen molar-refractivity contribution < 1.29 is 4.74 Å². The molecule has 0 N–H and O–H groups in total. The molecule has 96 valence electrons. The smallest absolute Gasteiger partial charge is 0.120 e. The van der Waals surface area contributed by atoms with Crippen molar-refractivity contribution in [1.82, 2.24) is 0 Å². The van der Waals surface area contributed by atoms with Crippen LogP contribution in [0, 0.1) is 10.5 Å². The van der Waals surface area contributed by atoms with Gasteiger partial charge in [0.05, 0.1) is 4.83 Å². The quantitative estimate of drug-likeness (QED) is 0.471. The Morgan fingerprint density at radius 3 is 2.89 bits per heavy atom. The molecule has 2 aromatic rings. The third kappa shape index (κ3) is 4.24. The van der Waals surface area contributed by atoms with Gasteiger partial charge in [-0.05, 0) is 76.0 Å². The maximum absolute atomic E-state index is 5.80. The molecule has 4 heteroatoms. The standard InChI is InChI=1S/C14H14BrIOS/c1-10-2-3-13(7-14(10)16)17-8-12(15)6-11-4-5-18-9-11/h2-5,7,9,12H,6,8H2,1H3. The Morgan fingerprint density at radius 1 is 1.39 bits per heavy atom. The second kappa shape index (κ2) is 6.91.